The highest BCUT2D eigenvalue weighted by atomic mass is 15.3. The second-order valence-electron chi connectivity index (χ2n) is 21.0. The molecule has 0 atom stereocenters. The van der Waals surface area contributed by atoms with Crippen molar-refractivity contribution in [3.8, 4) is 66.8 Å². The zero-order valence-corrected chi connectivity index (χ0v) is 44.5. The van der Waals surface area contributed by atoms with Gasteiger partial charge < -0.3 is 19.6 Å². The van der Waals surface area contributed by atoms with E-state index in [2.05, 4.69) is 325 Å². The number of para-hydroxylation sites is 8. The minimum atomic E-state index is 1.10. The standard InChI is InChI=1S/C76H54N4/c1-77-67-27-9-13-31-71(67)79(72-32-14-10-28-68(72)77)61-43-45-63-65(49-61)75(59-25-17-23-57(47-59)55-39-35-53(36-40-55)51-19-5-3-6-20-51)64-46-44-62(80-73-33-15-11-29-69(73)78(2)70-30-12-16-34-74(70)80)50-66(64)76(63)60-26-18-24-58(48-60)56-41-37-54(38-42-56)52-21-7-4-8-22-52/h3-50H,1-2H3. The van der Waals surface area contributed by atoms with Gasteiger partial charge in [-0.15, -0.1) is 0 Å². The third kappa shape index (κ3) is 7.83. The Bertz CT molecular complexity index is 4120. The summed E-state index contributed by atoms with van der Waals surface area (Å²) in [6.45, 7) is 0. The molecule has 4 heteroatoms. The number of rotatable bonds is 8. The number of hydrogen-bond acceptors (Lipinski definition) is 4. The molecule has 0 saturated carbocycles. The number of nitrogens with zero attached hydrogens (tertiary/aromatic N) is 4. The number of fused-ring (bicyclic) bond motifs is 6. The molecule has 0 N–H and O–H groups in total. The maximum absolute atomic E-state index is 2.46. The quantitative estimate of drug-likeness (QED) is 0.141. The summed E-state index contributed by atoms with van der Waals surface area (Å²) < 4.78 is 0. The predicted octanol–water partition coefficient (Wildman–Crippen LogP) is 21.1. The van der Waals surface area contributed by atoms with Gasteiger partial charge in [0.2, 0.25) is 0 Å². The van der Waals surface area contributed by atoms with Crippen molar-refractivity contribution in [3.05, 3.63) is 291 Å². The topological polar surface area (TPSA) is 13.0 Å². The Morgan fingerprint density at radius 3 is 0.787 bits per heavy atom. The zero-order chi connectivity index (χ0) is 53.3. The summed E-state index contributed by atoms with van der Waals surface area (Å²) in [5, 5.41) is 4.71. The van der Waals surface area contributed by atoms with E-state index in [4.69, 9.17) is 0 Å². The highest BCUT2D eigenvalue weighted by Crippen LogP contribution is 2.55. The average molecular weight is 1020 g/mol. The fraction of sp³-hybridized carbons (Fsp3) is 0.0263. The van der Waals surface area contributed by atoms with Gasteiger partial charge in [0, 0.05) is 25.5 Å². The van der Waals surface area contributed by atoms with Crippen LogP contribution in [0.15, 0.2) is 291 Å². The summed E-state index contributed by atoms with van der Waals surface area (Å²) in [6.07, 6.45) is 0. The van der Waals surface area contributed by atoms with Gasteiger partial charge in [-0.1, -0.05) is 206 Å². The van der Waals surface area contributed by atoms with Gasteiger partial charge in [-0.2, -0.15) is 0 Å². The van der Waals surface area contributed by atoms with Crippen LogP contribution in [-0.2, 0) is 0 Å². The molecule has 2 aliphatic heterocycles. The highest BCUT2D eigenvalue weighted by molar-refractivity contribution is 6.23. The summed E-state index contributed by atoms with van der Waals surface area (Å²) in [7, 11) is 4.35. The van der Waals surface area contributed by atoms with Crippen molar-refractivity contribution >= 4 is 78.4 Å². The van der Waals surface area contributed by atoms with Crippen molar-refractivity contribution in [2.24, 2.45) is 0 Å². The van der Waals surface area contributed by atoms with Crippen molar-refractivity contribution in [3.63, 3.8) is 0 Å². The van der Waals surface area contributed by atoms with Crippen molar-refractivity contribution < 1.29 is 0 Å². The molecule has 2 heterocycles. The molecule has 13 aromatic carbocycles. The molecule has 80 heavy (non-hydrogen) atoms. The van der Waals surface area contributed by atoms with Gasteiger partial charge >= 0.3 is 0 Å². The van der Waals surface area contributed by atoms with E-state index < -0.39 is 0 Å². The Morgan fingerprint density at radius 2 is 0.450 bits per heavy atom. The third-order valence-corrected chi connectivity index (χ3v) is 16.5. The lowest BCUT2D eigenvalue weighted by atomic mass is 9.84. The Balaban J connectivity index is 1.00. The van der Waals surface area contributed by atoms with Crippen LogP contribution in [0.2, 0.25) is 0 Å². The van der Waals surface area contributed by atoms with Crippen molar-refractivity contribution in [1.82, 2.24) is 0 Å². The molecule has 0 unspecified atom stereocenters. The van der Waals surface area contributed by atoms with E-state index in [1.807, 2.05) is 0 Å². The normalized spacial score (nSPS) is 12.5. The lowest BCUT2D eigenvalue weighted by Gasteiger charge is -2.39. The Labute approximate surface area is 467 Å². The summed E-state index contributed by atoms with van der Waals surface area (Å²) in [5.74, 6) is 0. The zero-order valence-electron chi connectivity index (χ0n) is 44.5. The van der Waals surface area contributed by atoms with E-state index in [1.54, 1.807) is 0 Å². The van der Waals surface area contributed by atoms with Crippen LogP contribution in [0.3, 0.4) is 0 Å². The van der Waals surface area contributed by atoms with Crippen molar-refractivity contribution in [1.29, 1.82) is 0 Å². The van der Waals surface area contributed by atoms with Crippen LogP contribution in [0.5, 0.6) is 0 Å². The molecule has 0 fully saturated rings. The number of anilines is 10. The maximum Gasteiger partial charge on any atom is 0.0699 e. The third-order valence-electron chi connectivity index (χ3n) is 16.5. The van der Waals surface area contributed by atoms with E-state index in [1.165, 1.54) is 77.2 Å². The highest BCUT2D eigenvalue weighted by Gasteiger charge is 2.30. The van der Waals surface area contributed by atoms with E-state index >= 15 is 0 Å². The first kappa shape index (κ1) is 46.8. The fourth-order valence-electron chi connectivity index (χ4n) is 12.6. The largest absolute Gasteiger partial charge is 0.341 e. The second kappa shape index (κ2) is 19.2. The Kier molecular flexibility index (Phi) is 11.3. The maximum atomic E-state index is 2.46. The Morgan fingerprint density at radius 1 is 0.188 bits per heavy atom. The molecule has 4 nitrogen and oxygen atoms in total. The second-order valence-corrected chi connectivity index (χ2v) is 21.0. The molecule has 0 spiro atoms. The minimum Gasteiger partial charge on any atom is -0.341 e. The number of hydrogen-bond donors (Lipinski definition) is 0. The summed E-state index contributed by atoms with van der Waals surface area (Å²) in [4.78, 5) is 9.53. The van der Waals surface area contributed by atoms with Crippen LogP contribution < -0.4 is 19.6 Å². The molecule has 0 aliphatic carbocycles. The van der Waals surface area contributed by atoms with Gasteiger partial charge in [-0.25, -0.2) is 0 Å². The van der Waals surface area contributed by atoms with Crippen LogP contribution >= 0.6 is 0 Å². The van der Waals surface area contributed by atoms with Gasteiger partial charge in [0.05, 0.1) is 45.5 Å². The van der Waals surface area contributed by atoms with Gasteiger partial charge in [0.15, 0.2) is 0 Å². The molecule has 0 aromatic heterocycles. The smallest absolute Gasteiger partial charge is 0.0699 e. The lowest BCUT2D eigenvalue weighted by Crippen LogP contribution is -2.24. The first-order chi connectivity index (χ1) is 39.5. The van der Waals surface area contributed by atoms with Crippen molar-refractivity contribution in [2.75, 3.05) is 33.7 Å². The molecule has 0 amide bonds. The monoisotopic (exact) mass is 1020 g/mol. The summed E-state index contributed by atoms with van der Waals surface area (Å²) in [5.41, 5.74) is 25.6. The average Bonchev–Trinajstić information content (AvgIpc) is 3.55. The van der Waals surface area contributed by atoms with Crippen molar-refractivity contribution in [2.45, 2.75) is 0 Å². The van der Waals surface area contributed by atoms with E-state index in [0.717, 1.165) is 68.0 Å². The van der Waals surface area contributed by atoms with Crippen LogP contribution in [0.1, 0.15) is 0 Å². The molecule has 2 aliphatic rings. The lowest BCUT2D eigenvalue weighted by molar-refractivity contribution is 1.13. The van der Waals surface area contributed by atoms with Crippen LogP contribution in [0.25, 0.3) is 88.3 Å². The molecule has 0 saturated heterocycles. The van der Waals surface area contributed by atoms with Crippen LogP contribution in [0.4, 0.5) is 56.9 Å². The molecular weight excluding hydrogens is 969 g/mol. The number of benzene rings is 13. The van der Waals surface area contributed by atoms with E-state index in [0.29, 0.717) is 0 Å². The Hall–Kier alpha value is -10.4. The fourth-order valence-corrected chi connectivity index (χ4v) is 12.6. The SMILES string of the molecule is CN1c2ccccc2N(c2ccc3c(-c4cccc(-c5ccc(-c6ccccc6)cc5)c4)c4cc(N5c6ccccc6N(C)c6ccccc65)ccc4c(-c4cccc(-c5ccc(-c6ccccc6)cc5)c4)c3c2)c2ccccc21. The van der Waals surface area contributed by atoms with Crippen LogP contribution in [0, 0.1) is 0 Å². The summed E-state index contributed by atoms with van der Waals surface area (Å²) in [6, 6.07) is 107. The van der Waals surface area contributed by atoms with Gasteiger partial charge in [-0.3, -0.25) is 0 Å². The first-order valence-electron chi connectivity index (χ1n) is 27.5. The molecule has 15 rings (SSSR count). The van der Waals surface area contributed by atoms with E-state index in [9.17, 15) is 0 Å². The van der Waals surface area contributed by atoms with Crippen LogP contribution in [-0.4, -0.2) is 14.1 Å². The molecule has 378 valence electrons. The van der Waals surface area contributed by atoms with Gasteiger partial charge in [-0.05, 0) is 173 Å². The predicted molar refractivity (Wildman–Crippen MR) is 340 cm³/mol. The van der Waals surface area contributed by atoms with Gasteiger partial charge in [0.1, 0.15) is 0 Å². The molecule has 0 radical (unpaired) electrons. The molecule has 13 aromatic rings. The molecular formula is C76H54N4. The summed E-state index contributed by atoms with van der Waals surface area (Å²) >= 11 is 0. The first-order valence-corrected chi connectivity index (χ1v) is 27.5. The van der Waals surface area contributed by atoms with E-state index in [-0.39, 0.29) is 0 Å². The molecule has 0 bridgehead atoms. The minimum absolute atomic E-state index is 1.10. The van der Waals surface area contributed by atoms with Gasteiger partial charge in [0.25, 0.3) is 0 Å².